The zero-order valence-electron chi connectivity index (χ0n) is 15.7. The fraction of sp³-hybridized carbons (Fsp3) is 0.0952. The van der Waals surface area contributed by atoms with E-state index >= 15 is 0 Å². The van der Waals surface area contributed by atoms with Gasteiger partial charge in [0.15, 0.2) is 11.6 Å². The smallest absolute Gasteiger partial charge is 0.259 e. The second-order valence-corrected chi connectivity index (χ2v) is 7.42. The van der Waals surface area contributed by atoms with Crippen LogP contribution in [0.15, 0.2) is 57.9 Å². The monoisotopic (exact) mass is 472 g/mol. The highest BCUT2D eigenvalue weighted by Crippen LogP contribution is 2.33. The number of carbonyl (C=O) groups excluding carboxylic acids is 1. The van der Waals surface area contributed by atoms with Crippen molar-refractivity contribution in [3.05, 3.63) is 80.7 Å². The molecule has 30 heavy (non-hydrogen) atoms. The summed E-state index contributed by atoms with van der Waals surface area (Å²) in [7, 11) is 1.56. The first kappa shape index (κ1) is 20.0. The number of hydrogen-bond donors (Lipinski definition) is 2. The number of nitrogens with zero attached hydrogens (tertiary/aromatic N) is 2. The van der Waals surface area contributed by atoms with E-state index in [-0.39, 0.29) is 34.6 Å². The fourth-order valence-corrected chi connectivity index (χ4v) is 3.71. The van der Waals surface area contributed by atoms with Crippen molar-refractivity contribution in [1.29, 1.82) is 0 Å². The van der Waals surface area contributed by atoms with Gasteiger partial charge in [-0.05, 0) is 33.6 Å². The number of likely N-dealkylation sites (N-methyl/N-ethyl adjacent to an activating group) is 1. The Morgan fingerprint density at radius 2 is 1.83 bits per heavy atom. The zero-order valence-corrected chi connectivity index (χ0v) is 17.3. The van der Waals surface area contributed by atoms with E-state index in [0.29, 0.717) is 10.0 Å². The SMILES string of the molecule is CNC(=O)Cc1ccc(-c2nn(-c3c(F)cccc3F)c3c(Br)c[nH]c(=O)c23)cc1. The van der Waals surface area contributed by atoms with Crippen LogP contribution in [0.4, 0.5) is 8.78 Å². The number of carbonyl (C=O) groups is 1. The van der Waals surface area contributed by atoms with Crippen LogP contribution in [0.3, 0.4) is 0 Å². The summed E-state index contributed by atoms with van der Waals surface area (Å²) in [6.45, 7) is 0. The number of nitrogens with one attached hydrogen (secondary N) is 2. The van der Waals surface area contributed by atoms with Crippen molar-refractivity contribution in [2.75, 3.05) is 7.05 Å². The maximum absolute atomic E-state index is 14.5. The minimum Gasteiger partial charge on any atom is -0.359 e. The number of halogens is 3. The summed E-state index contributed by atoms with van der Waals surface area (Å²) < 4.78 is 30.5. The van der Waals surface area contributed by atoms with E-state index in [2.05, 4.69) is 31.3 Å². The van der Waals surface area contributed by atoms with Crippen molar-refractivity contribution in [2.24, 2.45) is 0 Å². The van der Waals surface area contributed by atoms with Crippen LogP contribution in [0.2, 0.25) is 0 Å². The van der Waals surface area contributed by atoms with Gasteiger partial charge < -0.3 is 10.3 Å². The largest absolute Gasteiger partial charge is 0.359 e. The minimum atomic E-state index is -0.806. The standard InChI is InChI=1S/C21H15BrF2N4O2/c1-25-16(29)9-11-5-7-12(8-6-11)18-17-19(13(22)10-26-21(17)30)28(27-18)20-14(23)3-2-4-15(20)24/h2-8,10H,9H2,1H3,(H,25,29)(H,26,30). The Bertz CT molecular complexity index is 1310. The van der Waals surface area contributed by atoms with Crippen LogP contribution in [0.25, 0.3) is 27.8 Å². The van der Waals surface area contributed by atoms with E-state index in [1.807, 2.05) is 0 Å². The number of para-hydroxylation sites is 1. The molecule has 6 nitrogen and oxygen atoms in total. The minimum absolute atomic E-state index is 0.132. The Kier molecular flexibility index (Phi) is 5.21. The molecule has 4 aromatic rings. The summed E-state index contributed by atoms with van der Waals surface area (Å²) in [5.74, 6) is -1.74. The molecule has 0 unspecified atom stereocenters. The zero-order chi connectivity index (χ0) is 21.4. The van der Waals surface area contributed by atoms with Crippen LogP contribution >= 0.6 is 15.9 Å². The maximum Gasteiger partial charge on any atom is 0.259 e. The molecule has 9 heteroatoms. The fourth-order valence-electron chi connectivity index (χ4n) is 3.23. The molecule has 2 N–H and O–H groups in total. The van der Waals surface area contributed by atoms with E-state index in [1.165, 1.54) is 12.3 Å². The van der Waals surface area contributed by atoms with E-state index in [0.717, 1.165) is 22.4 Å². The van der Waals surface area contributed by atoms with Crippen molar-refractivity contribution < 1.29 is 13.6 Å². The van der Waals surface area contributed by atoms with Gasteiger partial charge >= 0.3 is 0 Å². The number of hydrogen-bond acceptors (Lipinski definition) is 3. The van der Waals surface area contributed by atoms with Crippen molar-refractivity contribution in [1.82, 2.24) is 20.1 Å². The molecule has 4 rings (SSSR count). The number of rotatable bonds is 4. The lowest BCUT2D eigenvalue weighted by Crippen LogP contribution is -2.19. The highest BCUT2D eigenvalue weighted by molar-refractivity contribution is 9.10. The lowest BCUT2D eigenvalue weighted by Gasteiger charge is -2.07. The molecule has 2 heterocycles. The highest BCUT2D eigenvalue weighted by Gasteiger charge is 2.22. The Labute approximate surface area is 177 Å². The number of benzene rings is 2. The Morgan fingerprint density at radius 3 is 2.47 bits per heavy atom. The second kappa shape index (κ2) is 7.83. The Balaban J connectivity index is 1.95. The molecular weight excluding hydrogens is 458 g/mol. The highest BCUT2D eigenvalue weighted by atomic mass is 79.9. The number of aromatic nitrogens is 3. The molecule has 0 spiro atoms. The molecular formula is C21H15BrF2N4O2. The third-order valence-electron chi connectivity index (χ3n) is 4.69. The number of amides is 1. The Morgan fingerprint density at radius 1 is 1.17 bits per heavy atom. The molecule has 152 valence electrons. The first-order valence-corrected chi connectivity index (χ1v) is 9.74. The van der Waals surface area contributed by atoms with Gasteiger partial charge in [-0.3, -0.25) is 9.59 Å². The molecule has 2 aromatic carbocycles. The maximum atomic E-state index is 14.5. The molecule has 0 bridgehead atoms. The van der Waals surface area contributed by atoms with E-state index in [4.69, 9.17) is 0 Å². The first-order chi connectivity index (χ1) is 14.4. The molecule has 0 saturated heterocycles. The summed E-state index contributed by atoms with van der Waals surface area (Å²) in [4.78, 5) is 26.8. The van der Waals surface area contributed by atoms with Crippen LogP contribution < -0.4 is 10.9 Å². The molecule has 0 radical (unpaired) electrons. The summed E-state index contributed by atoms with van der Waals surface area (Å²) in [6, 6.07) is 10.4. The van der Waals surface area contributed by atoms with Gasteiger partial charge in [0, 0.05) is 18.8 Å². The molecule has 0 aliphatic rings. The average molecular weight is 473 g/mol. The third-order valence-corrected chi connectivity index (χ3v) is 5.29. The second-order valence-electron chi connectivity index (χ2n) is 6.57. The molecule has 0 aliphatic carbocycles. The molecule has 0 atom stereocenters. The Hall–Kier alpha value is -3.33. The van der Waals surface area contributed by atoms with Gasteiger partial charge in [0.05, 0.1) is 21.8 Å². The predicted octanol–water partition coefficient (Wildman–Crippen LogP) is 3.71. The molecule has 1 amide bonds. The van der Waals surface area contributed by atoms with Crippen LogP contribution in [0.1, 0.15) is 5.56 Å². The lowest BCUT2D eigenvalue weighted by molar-refractivity contribution is -0.119. The quantitative estimate of drug-likeness (QED) is 0.475. The summed E-state index contributed by atoms with van der Waals surface area (Å²) in [5, 5.41) is 7.13. The van der Waals surface area contributed by atoms with Gasteiger partial charge in [0.2, 0.25) is 5.91 Å². The average Bonchev–Trinajstić information content (AvgIpc) is 3.12. The van der Waals surface area contributed by atoms with Gasteiger partial charge in [0.1, 0.15) is 11.4 Å². The first-order valence-electron chi connectivity index (χ1n) is 8.95. The summed E-state index contributed by atoms with van der Waals surface area (Å²) >= 11 is 3.34. The molecule has 0 saturated carbocycles. The molecule has 2 aromatic heterocycles. The van der Waals surface area contributed by atoms with Gasteiger partial charge in [-0.2, -0.15) is 5.10 Å². The predicted molar refractivity (Wildman–Crippen MR) is 113 cm³/mol. The third kappa shape index (κ3) is 3.41. The van der Waals surface area contributed by atoms with E-state index in [1.54, 1.807) is 31.3 Å². The summed E-state index contributed by atoms with van der Waals surface area (Å²) in [6.07, 6.45) is 1.61. The van der Waals surface area contributed by atoms with Crippen LogP contribution in [-0.2, 0) is 11.2 Å². The summed E-state index contributed by atoms with van der Waals surface area (Å²) in [5.41, 5.74) is 1.03. The number of H-pyrrole nitrogens is 1. The van der Waals surface area contributed by atoms with Crippen LogP contribution in [0, 0.1) is 11.6 Å². The van der Waals surface area contributed by atoms with Crippen LogP contribution in [-0.4, -0.2) is 27.7 Å². The van der Waals surface area contributed by atoms with Crippen molar-refractivity contribution in [3.63, 3.8) is 0 Å². The lowest BCUT2D eigenvalue weighted by atomic mass is 10.0. The van der Waals surface area contributed by atoms with E-state index < -0.39 is 17.2 Å². The number of fused-ring (bicyclic) bond motifs is 1. The van der Waals surface area contributed by atoms with Gasteiger partial charge in [-0.25, -0.2) is 13.5 Å². The topological polar surface area (TPSA) is 79.8 Å². The van der Waals surface area contributed by atoms with Gasteiger partial charge in [-0.1, -0.05) is 30.3 Å². The van der Waals surface area contributed by atoms with Crippen molar-refractivity contribution in [2.45, 2.75) is 6.42 Å². The van der Waals surface area contributed by atoms with Crippen molar-refractivity contribution >= 4 is 32.7 Å². The van der Waals surface area contributed by atoms with Gasteiger partial charge in [0.25, 0.3) is 5.56 Å². The van der Waals surface area contributed by atoms with Gasteiger partial charge in [-0.15, -0.1) is 0 Å². The molecule has 0 fully saturated rings. The number of aromatic amines is 1. The van der Waals surface area contributed by atoms with E-state index in [9.17, 15) is 18.4 Å². The molecule has 0 aliphatic heterocycles. The number of pyridine rings is 1. The van der Waals surface area contributed by atoms with Crippen LogP contribution in [0.5, 0.6) is 0 Å². The normalized spacial score (nSPS) is 11.1. The van der Waals surface area contributed by atoms with Crippen molar-refractivity contribution in [3.8, 4) is 16.9 Å².